The molecule has 0 bridgehead atoms. The molecule has 0 aromatic heterocycles. The Hall–Kier alpha value is -0.0800. The largest absolute Gasteiger partial charge is 0.378 e. The third-order valence-electron chi connectivity index (χ3n) is 3.66. The van der Waals surface area contributed by atoms with Crippen LogP contribution in [0.4, 0.5) is 0 Å². The summed E-state index contributed by atoms with van der Waals surface area (Å²) in [6, 6.07) is 0. The second-order valence-electron chi connectivity index (χ2n) is 7.71. The van der Waals surface area contributed by atoms with E-state index in [1.54, 1.807) is 0 Å². The van der Waals surface area contributed by atoms with Crippen molar-refractivity contribution in [3.05, 3.63) is 0 Å². The van der Waals surface area contributed by atoms with Gasteiger partial charge in [0.25, 0.3) is 0 Å². The van der Waals surface area contributed by atoms with Crippen LogP contribution in [0.3, 0.4) is 0 Å². The van der Waals surface area contributed by atoms with Crippen molar-refractivity contribution < 1.29 is 9.47 Å². The Bertz CT molecular complexity index is 244. The molecule has 0 saturated heterocycles. The van der Waals surface area contributed by atoms with Crippen molar-refractivity contribution in [3.8, 4) is 0 Å². The average Bonchev–Trinajstić information content (AvgIpc) is 2.23. The Morgan fingerprint density at radius 1 is 1.00 bits per heavy atom. The maximum absolute atomic E-state index is 6.02. The lowest BCUT2D eigenvalue weighted by molar-refractivity contribution is -0.0829. The lowest BCUT2D eigenvalue weighted by atomic mass is 9.79. The Morgan fingerprint density at radius 3 is 2.05 bits per heavy atom. The van der Waals surface area contributed by atoms with E-state index < -0.39 is 0 Å². The van der Waals surface area contributed by atoms with Gasteiger partial charge in [-0.1, -0.05) is 34.1 Å². The summed E-state index contributed by atoms with van der Waals surface area (Å²) in [5.41, 5.74) is 0.189. The minimum absolute atomic E-state index is 0.0642. The van der Waals surface area contributed by atoms with Crippen molar-refractivity contribution in [1.82, 2.24) is 0 Å². The van der Waals surface area contributed by atoms with Crippen molar-refractivity contribution in [2.45, 2.75) is 105 Å². The summed E-state index contributed by atoms with van der Waals surface area (Å²) in [5, 5.41) is 0. The maximum atomic E-state index is 6.02. The molecule has 122 valence electrons. The first-order chi connectivity index (χ1) is 9.12. The molecule has 0 aromatic rings. The lowest BCUT2D eigenvalue weighted by Crippen LogP contribution is -2.34. The van der Waals surface area contributed by atoms with Crippen LogP contribution in [-0.2, 0) is 9.47 Å². The monoisotopic (exact) mass is 286 g/mol. The molecule has 0 saturated carbocycles. The topological polar surface area (TPSA) is 18.5 Å². The Morgan fingerprint density at radius 2 is 1.60 bits per heavy atom. The molecule has 0 radical (unpaired) electrons. The second kappa shape index (κ2) is 9.04. The zero-order chi connectivity index (χ0) is 15.8. The third kappa shape index (κ3) is 9.77. The lowest BCUT2D eigenvalue weighted by Gasteiger charge is -2.36. The van der Waals surface area contributed by atoms with E-state index in [0.29, 0.717) is 6.10 Å². The van der Waals surface area contributed by atoms with Crippen LogP contribution in [0.15, 0.2) is 0 Å². The first kappa shape index (κ1) is 19.9. The van der Waals surface area contributed by atoms with Gasteiger partial charge in [-0.05, 0) is 58.8 Å². The third-order valence-corrected chi connectivity index (χ3v) is 3.66. The number of rotatable bonds is 11. The molecule has 0 aliphatic rings. The van der Waals surface area contributed by atoms with Gasteiger partial charge < -0.3 is 9.47 Å². The number of hydrogen-bond donors (Lipinski definition) is 0. The second-order valence-corrected chi connectivity index (χ2v) is 7.71. The van der Waals surface area contributed by atoms with Crippen LogP contribution in [0.2, 0.25) is 0 Å². The summed E-state index contributed by atoms with van der Waals surface area (Å²) in [6.07, 6.45) is 6.39. The minimum Gasteiger partial charge on any atom is -0.378 e. The molecule has 0 spiro atoms. The smallest absolute Gasteiger partial charge is 0.0635 e. The fourth-order valence-electron chi connectivity index (χ4n) is 3.15. The fourth-order valence-corrected chi connectivity index (χ4v) is 3.15. The van der Waals surface area contributed by atoms with E-state index in [9.17, 15) is 0 Å². The molecule has 20 heavy (non-hydrogen) atoms. The summed E-state index contributed by atoms with van der Waals surface area (Å²) in [7, 11) is 0. The highest BCUT2D eigenvalue weighted by atomic mass is 16.5. The Kier molecular flexibility index (Phi) is 9.01. The van der Waals surface area contributed by atoms with E-state index in [2.05, 4.69) is 55.4 Å². The molecule has 1 atom stereocenters. The molecule has 0 rings (SSSR count). The summed E-state index contributed by atoms with van der Waals surface area (Å²) >= 11 is 0. The van der Waals surface area contributed by atoms with Crippen molar-refractivity contribution >= 4 is 0 Å². The standard InChI is InChI=1S/C18H38O2/c1-9-11-16(10-2)19-13-12-17(5,6)14-18(7,8)20-15(3)4/h15-16H,9-14H2,1-8H3. The quantitative estimate of drug-likeness (QED) is 0.493. The van der Waals surface area contributed by atoms with Gasteiger partial charge >= 0.3 is 0 Å². The minimum atomic E-state index is -0.0642. The predicted molar refractivity (Wildman–Crippen MR) is 88.3 cm³/mol. The van der Waals surface area contributed by atoms with Gasteiger partial charge in [-0.3, -0.25) is 0 Å². The zero-order valence-electron chi connectivity index (χ0n) is 15.2. The first-order valence-electron chi connectivity index (χ1n) is 8.41. The molecular formula is C18H38O2. The summed E-state index contributed by atoms with van der Waals surface area (Å²) in [4.78, 5) is 0. The van der Waals surface area contributed by atoms with Crippen LogP contribution >= 0.6 is 0 Å². The van der Waals surface area contributed by atoms with Crippen LogP contribution in [0, 0.1) is 5.41 Å². The number of hydrogen-bond acceptors (Lipinski definition) is 2. The van der Waals surface area contributed by atoms with Crippen LogP contribution in [0.25, 0.3) is 0 Å². The van der Waals surface area contributed by atoms with E-state index in [-0.39, 0.29) is 17.1 Å². The van der Waals surface area contributed by atoms with Crippen molar-refractivity contribution in [2.24, 2.45) is 5.41 Å². The van der Waals surface area contributed by atoms with E-state index in [4.69, 9.17) is 9.47 Å². The zero-order valence-corrected chi connectivity index (χ0v) is 15.2. The Labute approximate surface area is 127 Å². The Balaban J connectivity index is 4.17. The normalized spacial score (nSPS) is 14.8. The highest BCUT2D eigenvalue weighted by Gasteiger charge is 2.30. The van der Waals surface area contributed by atoms with E-state index in [1.807, 2.05) is 0 Å². The molecule has 2 nitrogen and oxygen atoms in total. The van der Waals surface area contributed by atoms with Crippen molar-refractivity contribution in [1.29, 1.82) is 0 Å². The molecule has 0 fully saturated rings. The van der Waals surface area contributed by atoms with Crippen LogP contribution in [-0.4, -0.2) is 24.4 Å². The van der Waals surface area contributed by atoms with E-state index >= 15 is 0 Å². The van der Waals surface area contributed by atoms with Gasteiger partial charge in [0.1, 0.15) is 0 Å². The van der Waals surface area contributed by atoms with Gasteiger partial charge in [0, 0.05) is 6.61 Å². The molecule has 1 unspecified atom stereocenters. The van der Waals surface area contributed by atoms with Gasteiger partial charge in [0.15, 0.2) is 0 Å². The van der Waals surface area contributed by atoms with Crippen LogP contribution in [0.5, 0.6) is 0 Å². The molecule has 0 heterocycles. The molecule has 0 aliphatic carbocycles. The van der Waals surface area contributed by atoms with E-state index in [0.717, 1.165) is 25.9 Å². The highest BCUT2D eigenvalue weighted by Crippen LogP contribution is 2.34. The highest BCUT2D eigenvalue weighted by molar-refractivity contribution is 4.80. The van der Waals surface area contributed by atoms with Gasteiger partial charge in [-0.2, -0.15) is 0 Å². The molecule has 0 aromatic carbocycles. The van der Waals surface area contributed by atoms with Gasteiger partial charge in [0.05, 0.1) is 17.8 Å². The molecular weight excluding hydrogens is 248 g/mol. The van der Waals surface area contributed by atoms with Crippen molar-refractivity contribution in [3.63, 3.8) is 0 Å². The summed E-state index contributed by atoms with van der Waals surface area (Å²) in [6.45, 7) is 18.5. The van der Waals surface area contributed by atoms with Crippen LogP contribution in [0.1, 0.15) is 87.5 Å². The van der Waals surface area contributed by atoms with Crippen molar-refractivity contribution in [2.75, 3.05) is 6.61 Å². The summed E-state index contributed by atoms with van der Waals surface area (Å²) < 4.78 is 12.0. The van der Waals surface area contributed by atoms with Crippen LogP contribution < -0.4 is 0 Å². The van der Waals surface area contributed by atoms with Gasteiger partial charge in [0.2, 0.25) is 0 Å². The van der Waals surface area contributed by atoms with Gasteiger partial charge in [-0.15, -0.1) is 0 Å². The molecule has 0 aliphatic heterocycles. The number of ether oxygens (including phenoxy) is 2. The van der Waals surface area contributed by atoms with Gasteiger partial charge in [-0.25, -0.2) is 0 Å². The molecule has 0 amide bonds. The fraction of sp³-hybridized carbons (Fsp3) is 1.00. The summed E-state index contributed by atoms with van der Waals surface area (Å²) in [5.74, 6) is 0. The first-order valence-corrected chi connectivity index (χ1v) is 8.41. The maximum Gasteiger partial charge on any atom is 0.0635 e. The van der Waals surface area contributed by atoms with E-state index in [1.165, 1.54) is 12.8 Å². The predicted octanol–water partition coefficient (Wildman–Crippen LogP) is 5.59. The average molecular weight is 286 g/mol. The molecule has 2 heteroatoms. The molecule has 0 N–H and O–H groups in total. The SMILES string of the molecule is CCCC(CC)OCCC(C)(C)CC(C)(C)OC(C)C.